The van der Waals surface area contributed by atoms with Crippen LogP contribution in [0, 0.1) is 5.92 Å². The van der Waals surface area contributed by atoms with Gasteiger partial charge in [0.15, 0.2) is 0 Å². The quantitative estimate of drug-likeness (QED) is 0.772. The summed E-state index contributed by atoms with van der Waals surface area (Å²) in [6.07, 6.45) is 1.28. The predicted molar refractivity (Wildman–Crippen MR) is 123 cm³/mol. The van der Waals surface area contributed by atoms with Gasteiger partial charge in [-0.2, -0.15) is 0 Å². The van der Waals surface area contributed by atoms with Crippen molar-refractivity contribution in [2.45, 2.75) is 39.3 Å². The zero-order valence-corrected chi connectivity index (χ0v) is 18.8. The number of nitrogens with one attached hydrogen (secondary N) is 1. The van der Waals surface area contributed by atoms with Crippen molar-refractivity contribution in [2.24, 2.45) is 5.92 Å². The van der Waals surface area contributed by atoms with Gasteiger partial charge in [0.1, 0.15) is 17.6 Å². The minimum atomic E-state index is -0.0716. The summed E-state index contributed by atoms with van der Waals surface area (Å²) in [5, 5.41) is 3.04. The fourth-order valence-electron chi connectivity index (χ4n) is 4.28. The number of hydrogen-bond donors (Lipinski definition) is 1. The van der Waals surface area contributed by atoms with Gasteiger partial charge in [0.2, 0.25) is 5.91 Å². The summed E-state index contributed by atoms with van der Waals surface area (Å²) in [7, 11) is 0. The Hall–Kier alpha value is -3.22. The summed E-state index contributed by atoms with van der Waals surface area (Å²) in [5.74, 6) is 1.55. The van der Waals surface area contributed by atoms with Crippen LogP contribution in [0.3, 0.4) is 0 Å². The van der Waals surface area contributed by atoms with E-state index in [1.165, 1.54) is 0 Å². The van der Waals surface area contributed by atoms with E-state index in [0.29, 0.717) is 45.6 Å². The number of carbonyl (C=O) groups excluding carboxylic acids is 2. The van der Waals surface area contributed by atoms with Crippen molar-refractivity contribution in [1.29, 1.82) is 0 Å². The largest absolute Gasteiger partial charge is 0.494 e. The van der Waals surface area contributed by atoms with E-state index in [-0.39, 0.29) is 24.0 Å². The minimum Gasteiger partial charge on any atom is -0.494 e. The second-order valence-electron chi connectivity index (χ2n) is 8.35. The van der Waals surface area contributed by atoms with Crippen LogP contribution in [-0.2, 0) is 11.3 Å². The van der Waals surface area contributed by atoms with E-state index in [9.17, 15) is 9.59 Å². The van der Waals surface area contributed by atoms with E-state index in [1.807, 2.05) is 67.3 Å². The highest BCUT2D eigenvalue weighted by Crippen LogP contribution is 2.34. The molecule has 0 spiro atoms. The first-order valence-corrected chi connectivity index (χ1v) is 11.4. The second kappa shape index (κ2) is 9.94. The first kappa shape index (κ1) is 22.0. The number of ether oxygens (including phenoxy) is 2. The standard InChI is InChI=1S/C25H31N3O4/c1-3-31-21-10-8-19(9-11-21)16-26-24(29)20-12-14-27(15-13-20)25(30)28-17-18(2)32-23-7-5-4-6-22(23)28/h4-11,18,20H,3,12-17H2,1-2H3,(H,26,29)/t18-/m1/s1. The summed E-state index contributed by atoms with van der Waals surface area (Å²) in [6, 6.07) is 15.4. The van der Waals surface area contributed by atoms with Gasteiger partial charge in [-0.15, -0.1) is 0 Å². The van der Waals surface area contributed by atoms with E-state index in [4.69, 9.17) is 9.47 Å². The van der Waals surface area contributed by atoms with Crippen LogP contribution in [0.1, 0.15) is 32.3 Å². The lowest BCUT2D eigenvalue weighted by Gasteiger charge is -2.39. The average Bonchev–Trinajstić information content (AvgIpc) is 2.82. The van der Waals surface area contributed by atoms with Gasteiger partial charge in [0.25, 0.3) is 0 Å². The number of piperidine rings is 1. The molecule has 2 aromatic carbocycles. The molecule has 1 atom stereocenters. The molecular weight excluding hydrogens is 406 g/mol. The van der Waals surface area contributed by atoms with Crippen molar-refractivity contribution >= 4 is 17.6 Å². The molecule has 0 radical (unpaired) electrons. The third-order valence-electron chi connectivity index (χ3n) is 5.99. The Morgan fingerprint density at radius 1 is 1.09 bits per heavy atom. The first-order chi connectivity index (χ1) is 15.5. The Morgan fingerprint density at radius 2 is 1.81 bits per heavy atom. The molecule has 0 unspecified atom stereocenters. The lowest BCUT2D eigenvalue weighted by molar-refractivity contribution is -0.126. The Morgan fingerprint density at radius 3 is 2.53 bits per heavy atom. The highest BCUT2D eigenvalue weighted by Gasteiger charge is 2.33. The maximum absolute atomic E-state index is 13.2. The van der Waals surface area contributed by atoms with Crippen LogP contribution < -0.4 is 19.7 Å². The van der Waals surface area contributed by atoms with Crippen molar-refractivity contribution < 1.29 is 19.1 Å². The second-order valence-corrected chi connectivity index (χ2v) is 8.35. The van der Waals surface area contributed by atoms with Gasteiger partial charge in [-0.3, -0.25) is 9.69 Å². The molecule has 2 aliphatic rings. The summed E-state index contributed by atoms with van der Waals surface area (Å²) in [5.41, 5.74) is 1.85. The molecule has 7 nitrogen and oxygen atoms in total. The number of para-hydroxylation sites is 2. The summed E-state index contributed by atoms with van der Waals surface area (Å²) in [6.45, 7) is 6.73. The molecule has 4 rings (SSSR count). The molecular formula is C25H31N3O4. The number of anilines is 1. The maximum atomic E-state index is 13.2. The Labute approximate surface area is 189 Å². The molecule has 2 aromatic rings. The minimum absolute atomic E-state index is 0.0131. The summed E-state index contributed by atoms with van der Waals surface area (Å²) in [4.78, 5) is 29.5. The van der Waals surface area contributed by atoms with Gasteiger partial charge in [-0.05, 0) is 56.5 Å². The number of urea groups is 1. The molecule has 0 saturated carbocycles. The maximum Gasteiger partial charge on any atom is 0.324 e. The van der Waals surface area contributed by atoms with Gasteiger partial charge in [0, 0.05) is 25.6 Å². The monoisotopic (exact) mass is 437 g/mol. The van der Waals surface area contributed by atoms with Gasteiger partial charge in [-0.1, -0.05) is 24.3 Å². The summed E-state index contributed by atoms with van der Waals surface area (Å²) >= 11 is 0. The van der Waals surface area contributed by atoms with E-state index in [2.05, 4.69) is 5.32 Å². The highest BCUT2D eigenvalue weighted by molar-refractivity contribution is 5.94. The number of benzene rings is 2. The number of amides is 3. The number of hydrogen-bond acceptors (Lipinski definition) is 4. The molecule has 7 heteroatoms. The number of fused-ring (bicyclic) bond motifs is 1. The van der Waals surface area contributed by atoms with Crippen LogP contribution in [0.2, 0.25) is 0 Å². The third kappa shape index (κ3) is 4.98. The zero-order chi connectivity index (χ0) is 22.5. The van der Waals surface area contributed by atoms with Crippen molar-refractivity contribution in [3.63, 3.8) is 0 Å². The molecule has 0 bridgehead atoms. The van der Waals surface area contributed by atoms with Crippen LogP contribution in [0.4, 0.5) is 10.5 Å². The lowest BCUT2D eigenvalue weighted by Crippen LogP contribution is -2.52. The van der Waals surface area contributed by atoms with Crippen LogP contribution in [-0.4, -0.2) is 49.2 Å². The molecule has 170 valence electrons. The number of nitrogens with zero attached hydrogens (tertiary/aromatic N) is 2. The van der Waals surface area contributed by atoms with E-state index < -0.39 is 0 Å². The topological polar surface area (TPSA) is 71.1 Å². The molecule has 1 saturated heterocycles. The van der Waals surface area contributed by atoms with Crippen LogP contribution in [0.5, 0.6) is 11.5 Å². The predicted octanol–water partition coefficient (Wildman–Crippen LogP) is 3.82. The Balaban J connectivity index is 1.28. The van der Waals surface area contributed by atoms with E-state index in [0.717, 1.165) is 22.7 Å². The van der Waals surface area contributed by atoms with E-state index >= 15 is 0 Å². The molecule has 0 aliphatic carbocycles. The van der Waals surface area contributed by atoms with Crippen LogP contribution >= 0.6 is 0 Å². The first-order valence-electron chi connectivity index (χ1n) is 11.4. The highest BCUT2D eigenvalue weighted by atomic mass is 16.5. The molecule has 1 fully saturated rings. The van der Waals surface area contributed by atoms with Crippen molar-refractivity contribution in [3.05, 3.63) is 54.1 Å². The fourth-order valence-corrected chi connectivity index (χ4v) is 4.28. The molecule has 32 heavy (non-hydrogen) atoms. The van der Waals surface area contributed by atoms with Crippen molar-refractivity contribution in [2.75, 3.05) is 31.1 Å². The van der Waals surface area contributed by atoms with Gasteiger partial charge in [0.05, 0.1) is 18.8 Å². The van der Waals surface area contributed by atoms with Crippen LogP contribution in [0.25, 0.3) is 0 Å². The number of likely N-dealkylation sites (tertiary alicyclic amines) is 1. The Kier molecular flexibility index (Phi) is 6.83. The number of rotatable bonds is 5. The Bertz CT molecular complexity index is 938. The van der Waals surface area contributed by atoms with Crippen LogP contribution in [0.15, 0.2) is 48.5 Å². The normalized spacial score (nSPS) is 18.5. The lowest BCUT2D eigenvalue weighted by atomic mass is 9.96. The number of carbonyl (C=O) groups is 2. The van der Waals surface area contributed by atoms with Gasteiger partial charge < -0.3 is 19.7 Å². The third-order valence-corrected chi connectivity index (χ3v) is 5.99. The zero-order valence-electron chi connectivity index (χ0n) is 18.8. The van der Waals surface area contributed by atoms with Gasteiger partial charge >= 0.3 is 6.03 Å². The molecule has 0 aromatic heterocycles. The van der Waals surface area contributed by atoms with E-state index in [1.54, 1.807) is 4.90 Å². The molecule has 1 N–H and O–H groups in total. The fraction of sp³-hybridized carbons (Fsp3) is 0.440. The smallest absolute Gasteiger partial charge is 0.324 e. The summed E-state index contributed by atoms with van der Waals surface area (Å²) < 4.78 is 11.3. The van der Waals surface area contributed by atoms with Crippen molar-refractivity contribution in [1.82, 2.24) is 10.2 Å². The molecule has 2 aliphatic heterocycles. The molecule has 3 amide bonds. The SMILES string of the molecule is CCOc1ccc(CNC(=O)C2CCN(C(=O)N3C[C@@H](C)Oc4ccccc43)CC2)cc1. The average molecular weight is 438 g/mol. The molecule has 2 heterocycles. The van der Waals surface area contributed by atoms with Gasteiger partial charge in [-0.25, -0.2) is 4.79 Å². The van der Waals surface area contributed by atoms with Crippen molar-refractivity contribution in [3.8, 4) is 11.5 Å².